The van der Waals surface area contributed by atoms with Crippen molar-refractivity contribution in [3.8, 4) is 0 Å². The summed E-state index contributed by atoms with van der Waals surface area (Å²) in [5.41, 5.74) is 0. The molecule has 0 aromatic carbocycles. The molecule has 0 rings (SSSR count). The molecule has 0 fully saturated rings. The van der Waals surface area contributed by atoms with Gasteiger partial charge >= 0.3 is 0 Å². The minimum Gasteiger partial charge on any atom is -0.0945 e. The van der Waals surface area contributed by atoms with Gasteiger partial charge in [0.25, 0.3) is 0 Å². The molecule has 3 heteroatoms. The van der Waals surface area contributed by atoms with Crippen LogP contribution < -0.4 is 0 Å². The summed E-state index contributed by atoms with van der Waals surface area (Å²) < 4.78 is 0. The van der Waals surface area contributed by atoms with E-state index in [-0.39, 0.29) is 29.6 Å². The Morgan fingerprint density at radius 3 is 1.43 bits per heavy atom. The van der Waals surface area contributed by atoms with E-state index in [9.17, 15) is 0 Å². The van der Waals surface area contributed by atoms with E-state index in [1.807, 2.05) is 21.6 Å². The molecule has 1 radical (unpaired) electrons. The molecular weight excluding hydrogens is 135 g/mol. The molecule has 0 heterocycles. The Kier molecular flexibility index (Phi) is 17.5. The summed E-state index contributed by atoms with van der Waals surface area (Å²) in [5.74, 6) is 2.47. The standard InChI is InChI=1S/C4H10S2.Na/c1-3-5-6-4-2;/h3-4H2,1-2H3;. The summed E-state index contributed by atoms with van der Waals surface area (Å²) in [4.78, 5) is 0. The fourth-order valence-electron chi connectivity index (χ4n) is 0.167. The van der Waals surface area contributed by atoms with Gasteiger partial charge in [0.1, 0.15) is 0 Å². The van der Waals surface area contributed by atoms with Gasteiger partial charge in [0.2, 0.25) is 0 Å². The van der Waals surface area contributed by atoms with E-state index >= 15 is 0 Å². The van der Waals surface area contributed by atoms with Gasteiger partial charge in [-0.2, -0.15) is 0 Å². The van der Waals surface area contributed by atoms with E-state index < -0.39 is 0 Å². The van der Waals surface area contributed by atoms with Gasteiger partial charge in [-0.25, -0.2) is 0 Å². The van der Waals surface area contributed by atoms with Crippen molar-refractivity contribution in [2.24, 2.45) is 0 Å². The second kappa shape index (κ2) is 10.6. The molecule has 0 aliphatic rings. The maximum atomic E-state index is 2.17. The fraction of sp³-hybridized carbons (Fsp3) is 1.00. The largest absolute Gasteiger partial charge is 0.0945 e. The van der Waals surface area contributed by atoms with Crippen molar-refractivity contribution in [3.63, 3.8) is 0 Å². The zero-order valence-electron chi connectivity index (χ0n) is 5.23. The molecule has 0 N–H and O–H groups in total. The van der Waals surface area contributed by atoms with Crippen LogP contribution in [0.2, 0.25) is 0 Å². The van der Waals surface area contributed by atoms with Crippen LogP contribution in [0.25, 0.3) is 0 Å². The molecule has 0 bridgehead atoms. The van der Waals surface area contributed by atoms with Gasteiger partial charge in [0.15, 0.2) is 0 Å². The van der Waals surface area contributed by atoms with E-state index in [0.29, 0.717) is 0 Å². The van der Waals surface area contributed by atoms with Crippen LogP contribution >= 0.6 is 21.6 Å². The monoisotopic (exact) mass is 145 g/mol. The number of hydrogen-bond donors (Lipinski definition) is 0. The SMILES string of the molecule is CCSSCC.[Na]. The molecular formula is C4H10NaS2. The van der Waals surface area contributed by atoms with Gasteiger partial charge in [0, 0.05) is 41.1 Å². The van der Waals surface area contributed by atoms with Gasteiger partial charge < -0.3 is 0 Å². The summed E-state index contributed by atoms with van der Waals surface area (Å²) >= 11 is 0. The molecule has 0 saturated carbocycles. The molecule has 0 aromatic heterocycles. The quantitative estimate of drug-likeness (QED) is 0.338. The second-order valence-electron chi connectivity index (χ2n) is 0.813. The van der Waals surface area contributed by atoms with Crippen molar-refractivity contribution in [2.75, 3.05) is 11.5 Å². The Morgan fingerprint density at radius 2 is 1.29 bits per heavy atom. The van der Waals surface area contributed by atoms with Crippen molar-refractivity contribution in [2.45, 2.75) is 13.8 Å². The van der Waals surface area contributed by atoms with Crippen LogP contribution in [0.15, 0.2) is 0 Å². The average molecular weight is 145 g/mol. The molecule has 0 unspecified atom stereocenters. The first-order valence-corrected chi connectivity index (χ1v) is 4.65. The molecule has 0 aromatic rings. The molecule has 0 spiro atoms. The van der Waals surface area contributed by atoms with Crippen LogP contribution in [0, 0.1) is 0 Å². The molecule has 0 saturated heterocycles. The van der Waals surface area contributed by atoms with Crippen molar-refractivity contribution < 1.29 is 0 Å². The Bertz CT molecular complexity index is 21.7. The van der Waals surface area contributed by atoms with E-state index in [1.165, 1.54) is 11.5 Å². The molecule has 0 atom stereocenters. The van der Waals surface area contributed by atoms with Crippen LogP contribution in [-0.2, 0) is 0 Å². The third-order valence-corrected chi connectivity index (χ3v) is 2.87. The van der Waals surface area contributed by atoms with Gasteiger partial charge in [-0.15, -0.1) is 0 Å². The maximum Gasteiger partial charge on any atom is 0.000844 e. The molecule has 39 valence electrons. The topological polar surface area (TPSA) is 0 Å². The maximum absolute atomic E-state index is 2.17. The van der Waals surface area contributed by atoms with E-state index in [1.54, 1.807) is 0 Å². The zero-order chi connectivity index (χ0) is 4.83. The van der Waals surface area contributed by atoms with Crippen LogP contribution in [0.5, 0.6) is 0 Å². The van der Waals surface area contributed by atoms with Crippen molar-refractivity contribution in [1.82, 2.24) is 0 Å². The van der Waals surface area contributed by atoms with Crippen LogP contribution in [0.3, 0.4) is 0 Å². The van der Waals surface area contributed by atoms with E-state index in [0.717, 1.165) is 0 Å². The first-order valence-electron chi connectivity index (χ1n) is 2.16. The van der Waals surface area contributed by atoms with Crippen LogP contribution in [0.4, 0.5) is 0 Å². The summed E-state index contributed by atoms with van der Waals surface area (Å²) in [6.07, 6.45) is 0. The minimum absolute atomic E-state index is 0. The summed E-state index contributed by atoms with van der Waals surface area (Å²) in [7, 11) is 3.85. The number of rotatable bonds is 3. The zero-order valence-corrected chi connectivity index (χ0v) is 8.86. The second-order valence-corrected chi connectivity index (χ2v) is 3.85. The fourth-order valence-corrected chi connectivity index (χ4v) is 1.50. The van der Waals surface area contributed by atoms with Crippen LogP contribution in [-0.4, -0.2) is 41.1 Å². The Labute approximate surface area is 75.9 Å². The van der Waals surface area contributed by atoms with Gasteiger partial charge in [-0.3, -0.25) is 0 Å². The smallest absolute Gasteiger partial charge is 0.000844 e. The van der Waals surface area contributed by atoms with Crippen LogP contribution in [0.1, 0.15) is 13.8 Å². The molecule has 7 heavy (non-hydrogen) atoms. The normalized spacial score (nSPS) is 7.71. The minimum atomic E-state index is 0. The Hall–Kier alpha value is 1.70. The Balaban J connectivity index is 0. The van der Waals surface area contributed by atoms with Gasteiger partial charge in [-0.1, -0.05) is 35.4 Å². The summed E-state index contributed by atoms with van der Waals surface area (Å²) in [6.45, 7) is 4.35. The third kappa shape index (κ3) is 11.3. The molecule has 0 amide bonds. The summed E-state index contributed by atoms with van der Waals surface area (Å²) in [6, 6.07) is 0. The van der Waals surface area contributed by atoms with Gasteiger partial charge in [-0.05, 0) is 0 Å². The first-order chi connectivity index (χ1) is 2.91. The number of hydrogen-bond acceptors (Lipinski definition) is 2. The van der Waals surface area contributed by atoms with Crippen molar-refractivity contribution in [1.29, 1.82) is 0 Å². The molecule has 0 nitrogen and oxygen atoms in total. The van der Waals surface area contributed by atoms with Gasteiger partial charge in [0.05, 0.1) is 0 Å². The van der Waals surface area contributed by atoms with Crippen molar-refractivity contribution >= 4 is 51.1 Å². The molecule has 0 aliphatic heterocycles. The van der Waals surface area contributed by atoms with E-state index in [2.05, 4.69) is 13.8 Å². The molecule has 0 aliphatic carbocycles. The Morgan fingerprint density at radius 1 is 1.00 bits per heavy atom. The predicted molar refractivity (Wildman–Crippen MR) is 42.0 cm³/mol. The third-order valence-electron chi connectivity index (χ3n) is 0.319. The summed E-state index contributed by atoms with van der Waals surface area (Å²) in [5, 5.41) is 0. The predicted octanol–water partition coefficient (Wildman–Crippen LogP) is 2.03. The van der Waals surface area contributed by atoms with Crippen molar-refractivity contribution in [3.05, 3.63) is 0 Å². The first kappa shape index (κ1) is 11.5. The average Bonchev–Trinajstić information content (AvgIpc) is 1.61. The van der Waals surface area contributed by atoms with E-state index in [4.69, 9.17) is 0 Å².